The van der Waals surface area contributed by atoms with E-state index in [1.807, 2.05) is 0 Å². The molecular weight excluding hydrogens is 313 g/mol. The van der Waals surface area contributed by atoms with E-state index < -0.39 is 17.7 Å². The molecule has 0 unspecified atom stereocenters. The Hall–Kier alpha value is -2.64. The van der Waals surface area contributed by atoms with Crippen LogP contribution in [0.1, 0.15) is 32.9 Å². The molecule has 0 saturated carbocycles. The van der Waals surface area contributed by atoms with Crippen molar-refractivity contribution >= 4 is 5.97 Å². The fraction of sp³-hybridized carbons (Fsp3) is 0.267. The van der Waals surface area contributed by atoms with E-state index in [1.54, 1.807) is 0 Å². The maximum Gasteiger partial charge on any atom is 0.416 e. The smallest absolute Gasteiger partial charge is 0.416 e. The molecular formula is C15H13F3N2O3. The molecule has 2 aromatic rings. The number of carbonyl (C=O) groups is 1. The van der Waals surface area contributed by atoms with Crippen molar-refractivity contribution in [1.29, 1.82) is 0 Å². The molecule has 0 bridgehead atoms. The minimum Gasteiger partial charge on any atom is -0.476 e. The van der Waals surface area contributed by atoms with Gasteiger partial charge in [-0.2, -0.15) is 23.1 Å². The van der Waals surface area contributed by atoms with Crippen LogP contribution in [0.4, 0.5) is 13.2 Å². The van der Waals surface area contributed by atoms with Crippen molar-refractivity contribution in [3.63, 3.8) is 0 Å². The Morgan fingerprint density at radius 1 is 1.30 bits per heavy atom. The fourth-order valence-electron chi connectivity index (χ4n) is 2.06. The second-order valence-corrected chi connectivity index (χ2v) is 4.81. The first kappa shape index (κ1) is 16.7. The number of nitrogens with zero attached hydrogens (tertiary/aromatic N) is 2. The second kappa shape index (κ2) is 6.23. The van der Waals surface area contributed by atoms with Crippen LogP contribution in [0.5, 0.6) is 6.01 Å². The van der Waals surface area contributed by atoms with Gasteiger partial charge in [0.25, 0.3) is 0 Å². The third kappa shape index (κ3) is 3.77. The molecule has 1 heterocycles. The molecule has 122 valence electrons. The van der Waals surface area contributed by atoms with Gasteiger partial charge in [-0.1, -0.05) is 18.2 Å². The summed E-state index contributed by atoms with van der Waals surface area (Å²) in [6.07, 6.45) is -4.41. The summed E-state index contributed by atoms with van der Waals surface area (Å²) in [5.74, 6) is -1.26. The van der Waals surface area contributed by atoms with Gasteiger partial charge >= 0.3 is 18.2 Å². The summed E-state index contributed by atoms with van der Waals surface area (Å²) in [6.45, 7) is 1.51. The van der Waals surface area contributed by atoms with E-state index in [1.165, 1.54) is 26.2 Å². The summed E-state index contributed by atoms with van der Waals surface area (Å²) in [5.41, 5.74) is -0.0599. The van der Waals surface area contributed by atoms with Gasteiger partial charge < -0.3 is 9.84 Å². The lowest BCUT2D eigenvalue weighted by atomic mass is 10.0. The molecule has 0 aliphatic rings. The van der Waals surface area contributed by atoms with Crippen LogP contribution in [-0.4, -0.2) is 28.2 Å². The number of alkyl halides is 3. The fourth-order valence-corrected chi connectivity index (χ4v) is 2.06. The Labute approximate surface area is 129 Å². The van der Waals surface area contributed by atoms with Crippen molar-refractivity contribution < 1.29 is 27.8 Å². The number of methoxy groups -OCH3 is 1. The Bertz CT molecular complexity index is 745. The highest BCUT2D eigenvalue weighted by atomic mass is 19.4. The maximum absolute atomic E-state index is 12.8. The molecule has 0 saturated heterocycles. The quantitative estimate of drug-likeness (QED) is 0.935. The molecule has 0 amide bonds. The Morgan fingerprint density at radius 2 is 2.00 bits per heavy atom. The Kier molecular flexibility index (Phi) is 4.53. The number of aromatic nitrogens is 2. The van der Waals surface area contributed by atoms with E-state index in [0.717, 1.165) is 12.1 Å². The summed E-state index contributed by atoms with van der Waals surface area (Å²) in [6, 6.07) is 4.65. The molecule has 0 aliphatic heterocycles. The minimum absolute atomic E-state index is 0.0366. The lowest BCUT2D eigenvalue weighted by Crippen LogP contribution is -2.11. The predicted octanol–water partition coefficient (Wildman–Crippen LogP) is 3.10. The van der Waals surface area contributed by atoms with Gasteiger partial charge in [0.2, 0.25) is 0 Å². The SMILES string of the molecule is COc1nc(Cc2cccc(C(F)(F)F)c2)c(C)c(C(=O)O)n1. The number of hydrogen-bond donors (Lipinski definition) is 1. The zero-order chi connectivity index (χ0) is 17.2. The van der Waals surface area contributed by atoms with Crippen LogP contribution in [0.15, 0.2) is 24.3 Å². The molecule has 1 N–H and O–H groups in total. The molecule has 0 radical (unpaired) electrons. The molecule has 8 heteroatoms. The van der Waals surface area contributed by atoms with Gasteiger partial charge in [0.05, 0.1) is 18.4 Å². The van der Waals surface area contributed by atoms with Crippen LogP contribution in [0, 0.1) is 6.92 Å². The van der Waals surface area contributed by atoms with Gasteiger partial charge in [-0.3, -0.25) is 0 Å². The Morgan fingerprint density at radius 3 is 2.57 bits per heavy atom. The number of aromatic carboxylic acids is 1. The largest absolute Gasteiger partial charge is 0.476 e. The van der Waals surface area contributed by atoms with Gasteiger partial charge in [0.1, 0.15) is 0 Å². The molecule has 2 rings (SSSR count). The standard InChI is InChI=1S/C15H13F3N2O3/c1-8-11(19-14(23-2)20-12(8)13(21)22)7-9-4-3-5-10(6-9)15(16,17)18/h3-6H,7H2,1-2H3,(H,21,22). The number of ether oxygens (including phenoxy) is 1. The van der Waals surface area contributed by atoms with Crippen molar-refractivity contribution in [2.45, 2.75) is 19.5 Å². The van der Waals surface area contributed by atoms with Crippen LogP contribution >= 0.6 is 0 Å². The molecule has 1 aromatic carbocycles. The summed E-state index contributed by atoms with van der Waals surface area (Å²) < 4.78 is 43.1. The van der Waals surface area contributed by atoms with E-state index in [9.17, 15) is 18.0 Å². The zero-order valence-electron chi connectivity index (χ0n) is 12.3. The summed E-state index contributed by atoms with van der Waals surface area (Å²) in [7, 11) is 1.28. The molecule has 0 atom stereocenters. The van der Waals surface area contributed by atoms with Gasteiger partial charge in [0, 0.05) is 12.0 Å². The molecule has 23 heavy (non-hydrogen) atoms. The van der Waals surface area contributed by atoms with Crippen molar-refractivity contribution in [3.8, 4) is 6.01 Å². The summed E-state index contributed by atoms with van der Waals surface area (Å²) in [5, 5.41) is 9.13. The van der Waals surface area contributed by atoms with Gasteiger partial charge in [0.15, 0.2) is 5.69 Å². The van der Waals surface area contributed by atoms with E-state index >= 15 is 0 Å². The first-order chi connectivity index (χ1) is 10.7. The topological polar surface area (TPSA) is 72.3 Å². The van der Waals surface area contributed by atoms with Crippen molar-refractivity contribution in [1.82, 2.24) is 9.97 Å². The average molecular weight is 326 g/mol. The highest BCUT2D eigenvalue weighted by Crippen LogP contribution is 2.30. The van der Waals surface area contributed by atoms with Crippen LogP contribution in [0.2, 0.25) is 0 Å². The number of hydrogen-bond acceptors (Lipinski definition) is 4. The minimum atomic E-state index is -4.44. The lowest BCUT2D eigenvalue weighted by molar-refractivity contribution is -0.137. The van der Waals surface area contributed by atoms with Crippen LogP contribution in [0.3, 0.4) is 0 Å². The lowest BCUT2D eigenvalue weighted by Gasteiger charge is -2.11. The first-order valence-corrected chi connectivity index (χ1v) is 6.53. The highest BCUT2D eigenvalue weighted by Gasteiger charge is 2.30. The average Bonchev–Trinajstić information content (AvgIpc) is 2.48. The number of halogens is 3. The molecule has 0 spiro atoms. The van der Waals surface area contributed by atoms with Crippen molar-refractivity contribution in [3.05, 3.63) is 52.3 Å². The predicted molar refractivity (Wildman–Crippen MR) is 74.5 cm³/mol. The third-order valence-corrected chi connectivity index (χ3v) is 3.24. The number of benzene rings is 1. The number of carboxylic acids is 1. The van der Waals surface area contributed by atoms with E-state index in [2.05, 4.69) is 9.97 Å². The monoisotopic (exact) mass is 326 g/mol. The summed E-state index contributed by atoms with van der Waals surface area (Å²) >= 11 is 0. The van der Waals surface area contributed by atoms with Crippen molar-refractivity contribution in [2.75, 3.05) is 7.11 Å². The maximum atomic E-state index is 12.8. The first-order valence-electron chi connectivity index (χ1n) is 6.53. The second-order valence-electron chi connectivity index (χ2n) is 4.81. The van der Waals surface area contributed by atoms with E-state index in [-0.39, 0.29) is 23.7 Å². The van der Waals surface area contributed by atoms with E-state index in [0.29, 0.717) is 11.3 Å². The molecule has 0 aliphatic carbocycles. The zero-order valence-corrected chi connectivity index (χ0v) is 12.3. The molecule has 0 fully saturated rings. The van der Waals surface area contributed by atoms with Gasteiger partial charge in [-0.05, 0) is 18.6 Å². The van der Waals surface area contributed by atoms with Crippen LogP contribution < -0.4 is 4.74 Å². The third-order valence-electron chi connectivity index (χ3n) is 3.24. The van der Waals surface area contributed by atoms with Crippen LogP contribution in [0.25, 0.3) is 0 Å². The van der Waals surface area contributed by atoms with Crippen LogP contribution in [-0.2, 0) is 12.6 Å². The number of rotatable bonds is 4. The Balaban J connectivity index is 2.44. The highest BCUT2D eigenvalue weighted by molar-refractivity contribution is 5.87. The normalized spacial score (nSPS) is 11.3. The van der Waals surface area contributed by atoms with Crippen molar-refractivity contribution in [2.24, 2.45) is 0 Å². The van der Waals surface area contributed by atoms with E-state index in [4.69, 9.17) is 9.84 Å². The summed E-state index contributed by atoms with van der Waals surface area (Å²) in [4.78, 5) is 19.0. The van der Waals surface area contributed by atoms with Gasteiger partial charge in [-0.15, -0.1) is 0 Å². The van der Waals surface area contributed by atoms with Gasteiger partial charge in [-0.25, -0.2) is 4.79 Å². The number of carboxylic acid groups (broad SMARTS) is 1. The molecule has 5 nitrogen and oxygen atoms in total. The molecule has 1 aromatic heterocycles.